The van der Waals surface area contributed by atoms with Gasteiger partial charge in [0.2, 0.25) is 6.79 Å². The Morgan fingerprint density at radius 3 is 2.65 bits per heavy atom. The highest BCUT2D eigenvalue weighted by atomic mass is 16.7. The number of hydrogen-bond donors (Lipinski definition) is 1. The van der Waals surface area contributed by atoms with E-state index in [1.54, 1.807) is 24.3 Å². The number of aryl methyl sites for hydroxylation is 2. The largest absolute Gasteiger partial charge is 0.482 e. The third-order valence-corrected chi connectivity index (χ3v) is 3.70. The zero-order valence-electron chi connectivity index (χ0n) is 14.5. The minimum Gasteiger partial charge on any atom is -0.482 e. The lowest BCUT2D eigenvalue weighted by Crippen LogP contribution is -2.23. The molecule has 26 heavy (non-hydrogen) atoms. The highest BCUT2D eigenvalue weighted by Crippen LogP contribution is 2.34. The summed E-state index contributed by atoms with van der Waals surface area (Å²) in [5, 5.41) is 2.62. The number of rotatable bonds is 6. The molecule has 1 heterocycles. The van der Waals surface area contributed by atoms with Crippen molar-refractivity contribution in [3.8, 4) is 17.2 Å². The molecule has 1 N–H and O–H groups in total. The van der Waals surface area contributed by atoms with Crippen LogP contribution in [0.5, 0.6) is 17.2 Å². The van der Waals surface area contributed by atoms with Crippen molar-refractivity contribution in [2.24, 2.45) is 0 Å². The average molecular weight is 357 g/mol. The van der Waals surface area contributed by atoms with E-state index in [-0.39, 0.29) is 13.4 Å². The maximum absolute atomic E-state index is 11.9. The number of ether oxygens (including phenoxy) is 4. The molecule has 1 amide bonds. The Morgan fingerprint density at radius 1 is 1.04 bits per heavy atom. The Labute approximate surface area is 150 Å². The summed E-state index contributed by atoms with van der Waals surface area (Å²) in [6.45, 7) is 3.37. The molecule has 0 aliphatic carbocycles. The quantitative estimate of drug-likeness (QED) is 0.800. The van der Waals surface area contributed by atoms with Gasteiger partial charge in [-0.05, 0) is 37.6 Å². The van der Waals surface area contributed by atoms with Crippen LogP contribution in [0.25, 0.3) is 0 Å². The fourth-order valence-electron chi connectivity index (χ4n) is 2.46. The molecule has 2 aromatic rings. The standard InChI is InChI=1S/C19H19NO6/c1-12-3-5-15(13(2)7-12)23-10-19(22)24-9-18(21)20-14-4-6-16-17(8-14)26-11-25-16/h3-8H,9-11H2,1-2H3,(H,20,21). The van der Waals surface area contributed by atoms with Crippen LogP contribution in [0.4, 0.5) is 5.69 Å². The SMILES string of the molecule is Cc1ccc(OCC(=O)OCC(=O)Nc2ccc3c(c2)OCO3)c(C)c1. The lowest BCUT2D eigenvalue weighted by Gasteiger charge is -2.10. The molecular weight excluding hydrogens is 338 g/mol. The lowest BCUT2D eigenvalue weighted by molar-refractivity contribution is -0.149. The summed E-state index contributed by atoms with van der Waals surface area (Å²) < 4.78 is 20.8. The van der Waals surface area contributed by atoms with Gasteiger partial charge in [-0.15, -0.1) is 0 Å². The topological polar surface area (TPSA) is 83.1 Å². The van der Waals surface area contributed by atoms with Crippen molar-refractivity contribution in [2.45, 2.75) is 13.8 Å². The highest BCUT2D eigenvalue weighted by molar-refractivity contribution is 5.93. The molecule has 2 aromatic carbocycles. The second kappa shape index (κ2) is 7.77. The first-order chi connectivity index (χ1) is 12.5. The summed E-state index contributed by atoms with van der Waals surface area (Å²) in [6.07, 6.45) is 0. The molecular formula is C19H19NO6. The van der Waals surface area contributed by atoms with E-state index in [9.17, 15) is 9.59 Å². The average Bonchev–Trinajstić information content (AvgIpc) is 3.07. The van der Waals surface area contributed by atoms with Gasteiger partial charge in [-0.25, -0.2) is 4.79 Å². The molecule has 1 aliphatic rings. The first-order valence-corrected chi connectivity index (χ1v) is 8.06. The molecule has 0 saturated heterocycles. The van der Waals surface area contributed by atoms with E-state index in [2.05, 4.69) is 5.32 Å². The van der Waals surface area contributed by atoms with Crippen LogP contribution < -0.4 is 19.5 Å². The molecule has 0 spiro atoms. The van der Waals surface area contributed by atoms with Gasteiger partial charge >= 0.3 is 5.97 Å². The van der Waals surface area contributed by atoms with Gasteiger partial charge in [-0.1, -0.05) is 17.7 Å². The van der Waals surface area contributed by atoms with Gasteiger partial charge in [0.25, 0.3) is 5.91 Å². The van der Waals surface area contributed by atoms with Crippen molar-refractivity contribution in [2.75, 3.05) is 25.3 Å². The van der Waals surface area contributed by atoms with E-state index in [0.717, 1.165) is 11.1 Å². The van der Waals surface area contributed by atoms with Crippen molar-refractivity contribution in [3.05, 3.63) is 47.5 Å². The monoisotopic (exact) mass is 357 g/mol. The van der Waals surface area contributed by atoms with Crippen LogP contribution in [0.2, 0.25) is 0 Å². The van der Waals surface area contributed by atoms with Crippen molar-refractivity contribution < 1.29 is 28.5 Å². The van der Waals surface area contributed by atoms with Crippen LogP contribution in [0.1, 0.15) is 11.1 Å². The summed E-state index contributed by atoms with van der Waals surface area (Å²) in [5.74, 6) is 0.714. The molecule has 0 unspecified atom stereocenters. The predicted molar refractivity (Wildman–Crippen MR) is 93.6 cm³/mol. The van der Waals surface area contributed by atoms with Gasteiger partial charge in [-0.2, -0.15) is 0 Å². The van der Waals surface area contributed by atoms with E-state index >= 15 is 0 Å². The van der Waals surface area contributed by atoms with Crippen LogP contribution in [0.3, 0.4) is 0 Å². The molecule has 7 nitrogen and oxygen atoms in total. The molecule has 0 aromatic heterocycles. The number of anilines is 1. The van der Waals surface area contributed by atoms with Crippen LogP contribution in [0, 0.1) is 13.8 Å². The molecule has 0 bridgehead atoms. The Balaban J connectivity index is 1.43. The Bertz CT molecular complexity index is 833. The smallest absolute Gasteiger partial charge is 0.344 e. The second-order valence-corrected chi connectivity index (χ2v) is 5.83. The number of hydrogen-bond acceptors (Lipinski definition) is 6. The zero-order chi connectivity index (χ0) is 18.5. The van der Waals surface area contributed by atoms with Gasteiger partial charge < -0.3 is 24.3 Å². The molecule has 1 aliphatic heterocycles. The van der Waals surface area contributed by atoms with Gasteiger partial charge in [-0.3, -0.25) is 4.79 Å². The van der Waals surface area contributed by atoms with E-state index < -0.39 is 18.5 Å². The normalized spacial score (nSPS) is 11.8. The first-order valence-electron chi connectivity index (χ1n) is 8.06. The maximum Gasteiger partial charge on any atom is 0.344 e. The third kappa shape index (κ3) is 4.44. The fraction of sp³-hybridized carbons (Fsp3) is 0.263. The predicted octanol–water partition coefficient (Wildman–Crippen LogP) is 2.59. The molecule has 136 valence electrons. The number of benzene rings is 2. The van der Waals surface area contributed by atoms with Crippen LogP contribution in [-0.2, 0) is 14.3 Å². The van der Waals surface area contributed by atoms with Crippen molar-refractivity contribution >= 4 is 17.6 Å². The van der Waals surface area contributed by atoms with Crippen LogP contribution in [0.15, 0.2) is 36.4 Å². The summed E-state index contributed by atoms with van der Waals surface area (Å²) >= 11 is 0. The fourth-order valence-corrected chi connectivity index (χ4v) is 2.46. The van der Waals surface area contributed by atoms with E-state index in [0.29, 0.717) is 22.9 Å². The van der Waals surface area contributed by atoms with Gasteiger partial charge in [0, 0.05) is 11.8 Å². The zero-order valence-corrected chi connectivity index (χ0v) is 14.5. The Morgan fingerprint density at radius 2 is 1.85 bits per heavy atom. The van der Waals surface area contributed by atoms with Gasteiger partial charge in [0.1, 0.15) is 5.75 Å². The lowest BCUT2D eigenvalue weighted by atomic mass is 10.1. The van der Waals surface area contributed by atoms with Gasteiger partial charge in [0.15, 0.2) is 24.7 Å². The van der Waals surface area contributed by atoms with Crippen molar-refractivity contribution in [1.29, 1.82) is 0 Å². The first kappa shape index (κ1) is 17.6. The number of amides is 1. The van der Waals surface area contributed by atoms with Crippen molar-refractivity contribution in [3.63, 3.8) is 0 Å². The number of carbonyl (C=O) groups excluding carboxylic acids is 2. The van der Waals surface area contributed by atoms with E-state index in [1.807, 2.05) is 26.0 Å². The summed E-state index contributed by atoms with van der Waals surface area (Å²) in [4.78, 5) is 23.6. The summed E-state index contributed by atoms with van der Waals surface area (Å²) in [5.41, 5.74) is 2.57. The third-order valence-electron chi connectivity index (χ3n) is 3.70. The molecule has 7 heteroatoms. The number of esters is 1. The second-order valence-electron chi connectivity index (χ2n) is 5.83. The number of nitrogens with one attached hydrogen (secondary N) is 1. The van der Waals surface area contributed by atoms with Crippen LogP contribution >= 0.6 is 0 Å². The Kier molecular flexibility index (Phi) is 5.26. The van der Waals surface area contributed by atoms with Gasteiger partial charge in [0.05, 0.1) is 0 Å². The summed E-state index contributed by atoms with van der Waals surface area (Å²) in [7, 11) is 0. The molecule has 3 rings (SSSR count). The van der Waals surface area contributed by atoms with Crippen LogP contribution in [-0.4, -0.2) is 31.9 Å². The summed E-state index contributed by atoms with van der Waals surface area (Å²) in [6, 6.07) is 10.7. The molecule has 0 atom stereocenters. The maximum atomic E-state index is 11.9. The van der Waals surface area contributed by atoms with E-state index in [4.69, 9.17) is 18.9 Å². The molecule has 0 saturated carbocycles. The number of carbonyl (C=O) groups is 2. The van der Waals surface area contributed by atoms with Crippen molar-refractivity contribution in [1.82, 2.24) is 0 Å². The minimum atomic E-state index is -0.620. The highest BCUT2D eigenvalue weighted by Gasteiger charge is 2.15. The molecule has 0 radical (unpaired) electrons. The Hall–Kier alpha value is -3.22. The number of fused-ring (bicyclic) bond motifs is 1. The minimum absolute atomic E-state index is 0.158. The van der Waals surface area contributed by atoms with E-state index in [1.165, 1.54) is 0 Å². The molecule has 0 fully saturated rings.